The lowest BCUT2D eigenvalue weighted by Crippen LogP contribution is -2.47. The lowest BCUT2D eigenvalue weighted by Gasteiger charge is -2.33. The number of carbonyl (C=O) groups excluding carboxylic acids is 2. The largest absolute Gasteiger partial charge is 0.377 e. The summed E-state index contributed by atoms with van der Waals surface area (Å²) in [5, 5.41) is 3.04. The van der Waals surface area contributed by atoms with Gasteiger partial charge in [0.2, 0.25) is 5.91 Å². The molecule has 1 aliphatic carbocycles. The van der Waals surface area contributed by atoms with Crippen LogP contribution in [0.5, 0.6) is 0 Å². The van der Waals surface area contributed by atoms with Crippen molar-refractivity contribution in [2.75, 3.05) is 25.1 Å². The highest BCUT2D eigenvalue weighted by Crippen LogP contribution is 2.43. The second-order valence-corrected chi connectivity index (χ2v) is 7.72. The van der Waals surface area contributed by atoms with Crippen LogP contribution in [0.2, 0.25) is 0 Å². The van der Waals surface area contributed by atoms with Crippen LogP contribution in [-0.2, 0) is 9.53 Å². The van der Waals surface area contributed by atoms with E-state index in [1.807, 2.05) is 54.3 Å². The molecule has 1 heterocycles. The van der Waals surface area contributed by atoms with Gasteiger partial charge in [0.25, 0.3) is 5.91 Å². The van der Waals surface area contributed by atoms with Crippen molar-refractivity contribution in [3.05, 3.63) is 65.7 Å². The first-order valence-corrected chi connectivity index (χ1v) is 9.98. The molecule has 5 heteroatoms. The van der Waals surface area contributed by atoms with Crippen molar-refractivity contribution in [1.29, 1.82) is 0 Å². The summed E-state index contributed by atoms with van der Waals surface area (Å²) in [7, 11) is 0. The topological polar surface area (TPSA) is 58.6 Å². The number of nitrogens with one attached hydrogen (secondary N) is 1. The Labute approximate surface area is 165 Å². The molecule has 5 nitrogen and oxygen atoms in total. The molecule has 1 saturated heterocycles. The highest BCUT2D eigenvalue weighted by Gasteiger charge is 2.37. The summed E-state index contributed by atoms with van der Waals surface area (Å²) in [5.74, 6) is 0.243. The number of carbonyl (C=O) groups is 2. The summed E-state index contributed by atoms with van der Waals surface area (Å²) in [6, 6.07) is 17.2. The van der Waals surface area contributed by atoms with Gasteiger partial charge in [0.05, 0.1) is 25.2 Å². The van der Waals surface area contributed by atoms with Crippen molar-refractivity contribution >= 4 is 17.5 Å². The van der Waals surface area contributed by atoms with Crippen LogP contribution in [-0.4, -0.2) is 42.5 Å². The van der Waals surface area contributed by atoms with E-state index in [0.717, 1.165) is 18.4 Å². The van der Waals surface area contributed by atoms with Crippen LogP contribution < -0.4 is 5.32 Å². The zero-order valence-electron chi connectivity index (χ0n) is 16.1. The highest BCUT2D eigenvalue weighted by molar-refractivity contribution is 5.99. The van der Waals surface area contributed by atoms with Gasteiger partial charge in [0, 0.05) is 17.8 Å². The molecule has 2 atom stereocenters. The molecule has 0 spiro atoms. The van der Waals surface area contributed by atoms with Crippen LogP contribution in [0.4, 0.5) is 5.69 Å². The van der Waals surface area contributed by atoms with Gasteiger partial charge in [-0.1, -0.05) is 36.4 Å². The van der Waals surface area contributed by atoms with Gasteiger partial charge in [-0.3, -0.25) is 9.59 Å². The molecule has 2 aliphatic rings. The first-order valence-electron chi connectivity index (χ1n) is 9.98. The predicted octanol–water partition coefficient (Wildman–Crippen LogP) is 3.68. The molecule has 2 fully saturated rings. The van der Waals surface area contributed by atoms with Gasteiger partial charge in [-0.05, 0) is 49.4 Å². The normalized spacial score (nSPS) is 20.5. The molecular weight excluding hydrogens is 352 g/mol. The van der Waals surface area contributed by atoms with Gasteiger partial charge < -0.3 is 15.0 Å². The number of benzene rings is 2. The number of amides is 2. The summed E-state index contributed by atoms with van der Waals surface area (Å²) >= 11 is 0. The van der Waals surface area contributed by atoms with Crippen molar-refractivity contribution in [2.24, 2.45) is 5.92 Å². The van der Waals surface area contributed by atoms with Crippen LogP contribution in [0.1, 0.15) is 41.6 Å². The zero-order valence-corrected chi connectivity index (χ0v) is 16.1. The van der Waals surface area contributed by atoms with E-state index < -0.39 is 0 Å². The fraction of sp³-hybridized carbons (Fsp3) is 0.391. The maximum atomic E-state index is 13.0. The van der Waals surface area contributed by atoms with Gasteiger partial charge in [0.1, 0.15) is 0 Å². The van der Waals surface area contributed by atoms with Crippen molar-refractivity contribution in [1.82, 2.24) is 4.90 Å². The Balaban J connectivity index is 1.50. The lowest BCUT2D eigenvalue weighted by molar-refractivity contribution is -0.118. The van der Waals surface area contributed by atoms with Gasteiger partial charge in [-0.25, -0.2) is 0 Å². The SMILES string of the molecule is CC1COCCN1C(=O)c1cccc(NC(=O)C(c2ccccc2)C2CC2)c1. The average Bonchev–Trinajstić information content (AvgIpc) is 3.54. The molecule has 1 N–H and O–H groups in total. The quantitative estimate of drug-likeness (QED) is 0.863. The fourth-order valence-corrected chi connectivity index (χ4v) is 3.87. The van der Waals surface area contributed by atoms with Gasteiger partial charge in [-0.15, -0.1) is 0 Å². The first-order chi connectivity index (χ1) is 13.6. The third-order valence-electron chi connectivity index (χ3n) is 5.54. The number of nitrogens with zero attached hydrogens (tertiary/aromatic N) is 1. The molecule has 146 valence electrons. The van der Waals surface area contributed by atoms with Crippen LogP contribution in [0.15, 0.2) is 54.6 Å². The smallest absolute Gasteiger partial charge is 0.254 e. The maximum Gasteiger partial charge on any atom is 0.254 e. The minimum atomic E-state index is -0.139. The van der Waals surface area contributed by atoms with Crippen molar-refractivity contribution in [2.45, 2.75) is 31.7 Å². The van der Waals surface area contributed by atoms with Crippen molar-refractivity contribution < 1.29 is 14.3 Å². The molecule has 2 amide bonds. The number of ether oxygens (including phenoxy) is 1. The Morgan fingerprint density at radius 3 is 2.61 bits per heavy atom. The third-order valence-corrected chi connectivity index (χ3v) is 5.54. The van der Waals surface area contributed by atoms with Gasteiger partial charge in [-0.2, -0.15) is 0 Å². The van der Waals surface area contributed by atoms with Crippen molar-refractivity contribution in [3.8, 4) is 0 Å². The fourth-order valence-electron chi connectivity index (χ4n) is 3.87. The Morgan fingerprint density at radius 1 is 1.11 bits per heavy atom. The molecule has 0 radical (unpaired) electrons. The molecular formula is C23H26N2O3. The molecule has 2 aromatic rings. The Kier molecular flexibility index (Phi) is 5.44. The number of anilines is 1. The minimum absolute atomic E-state index is 0.00182. The lowest BCUT2D eigenvalue weighted by atomic mass is 9.93. The molecule has 2 aromatic carbocycles. The Hall–Kier alpha value is -2.66. The number of hydrogen-bond donors (Lipinski definition) is 1. The molecule has 4 rings (SSSR count). The molecule has 1 saturated carbocycles. The highest BCUT2D eigenvalue weighted by atomic mass is 16.5. The zero-order chi connectivity index (χ0) is 19.5. The summed E-state index contributed by atoms with van der Waals surface area (Å²) in [6.45, 7) is 3.70. The van der Waals surface area contributed by atoms with Gasteiger partial charge >= 0.3 is 0 Å². The molecule has 1 aliphatic heterocycles. The standard InChI is InChI=1S/C23H26N2O3/c1-16-15-28-13-12-25(16)23(27)19-8-5-9-20(14-19)24-22(26)21(18-10-11-18)17-6-3-2-4-7-17/h2-9,14,16,18,21H,10-13,15H2,1H3,(H,24,26). The van der Waals surface area contributed by atoms with Crippen LogP contribution in [0.3, 0.4) is 0 Å². The van der Waals surface area contributed by atoms with E-state index in [9.17, 15) is 9.59 Å². The third kappa shape index (κ3) is 4.09. The van der Waals surface area contributed by atoms with E-state index in [2.05, 4.69) is 5.32 Å². The Bertz CT molecular complexity index is 848. The predicted molar refractivity (Wildman–Crippen MR) is 108 cm³/mol. The monoisotopic (exact) mass is 378 g/mol. The van der Waals surface area contributed by atoms with Crippen LogP contribution in [0.25, 0.3) is 0 Å². The maximum absolute atomic E-state index is 13.0. The Morgan fingerprint density at radius 2 is 1.89 bits per heavy atom. The number of morpholine rings is 1. The summed E-state index contributed by atoms with van der Waals surface area (Å²) in [4.78, 5) is 27.7. The molecule has 0 aromatic heterocycles. The second-order valence-electron chi connectivity index (χ2n) is 7.72. The summed E-state index contributed by atoms with van der Waals surface area (Å²) in [6.07, 6.45) is 2.17. The molecule has 2 unspecified atom stereocenters. The van der Waals surface area contributed by atoms with Gasteiger partial charge in [0.15, 0.2) is 0 Å². The molecule has 0 bridgehead atoms. The van der Waals surface area contributed by atoms with Crippen LogP contribution >= 0.6 is 0 Å². The summed E-state index contributed by atoms with van der Waals surface area (Å²) in [5.41, 5.74) is 2.31. The minimum Gasteiger partial charge on any atom is -0.377 e. The average molecular weight is 378 g/mol. The van der Waals surface area contributed by atoms with Crippen LogP contribution in [0, 0.1) is 5.92 Å². The number of hydrogen-bond acceptors (Lipinski definition) is 3. The van der Waals surface area contributed by atoms with E-state index in [4.69, 9.17) is 4.74 Å². The van der Waals surface area contributed by atoms with E-state index in [0.29, 0.717) is 36.9 Å². The first kappa shape index (κ1) is 18.7. The number of rotatable bonds is 5. The second kappa shape index (κ2) is 8.15. The summed E-state index contributed by atoms with van der Waals surface area (Å²) < 4.78 is 5.42. The molecule has 28 heavy (non-hydrogen) atoms. The van der Waals surface area contributed by atoms with E-state index >= 15 is 0 Å². The van der Waals surface area contributed by atoms with E-state index in [-0.39, 0.29) is 23.8 Å². The van der Waals surface area contributed by atoms with E-state index in [1.165, 1.54) is 0 Å². The van der Waals surface area contributed by atoms with Crippen molar-refractivity contribution in [3.63, 3.8) is 0 Å². The van der Waals surface area contributed by atoms with E-state index in [1.54, 1.807) is 12.1 Å².